The van der Waals surface area contributed by atoms with Gasteiger partial charge in [-0.05, 0) is 36.0 Å². The number of methoxy groups -OCH3 is 2. The number of rotatable bonds is 6. The van der Waals surface area contributed by atoms with Gasteiger partial charge >= 0.3 is 0 Å². The zero-order valence-corrected chi connectivity index (χ0v) is 16.5. The molecule has 3 rings (SSSR count). The van der Waals surface area contributed by atoms with E-state index in [1.54, 1.807) is 31.2 Å². The van der Waals surface area contributed by atoms with Crippen molar-refractivity contribution >= 4 is 40.3 Å². The second-order valence-corrected chi connectivity index (χ2v) is 6.48. The Kier molecular flexibility index (Phi) is 6.16. The van der Waals surface area contributed by atoms with Crippen molar-refractivity contribution in [2.75, 3.05) is 24.9 Å². The fraction of sp³-hybridized carbons (Fsp3) is 0.158. The molecular formula is C19H19ClN4O2S. The third kappa shape index (κ3) is 4.90. The molecule has 0 unspecified atom stereocenters. The van der Waals surface area contributed by atoms with Crippen LogP contribution in [0.1, 0.15) is 5.56 Å². The van der Waals surface area contributed by atoms with Crippen molar-refractivity contribution in [1.29, 1.82) is 0 Å². The van der Waals surface area contributed by atoms with Crippen molar-refractivity contribution in [2.24, 2.45) is 0 Å². The summed E-state index contributed by atoms with van der Waals surface area (Å²) in [7, 11) is 3.20. The lowest BCUT2D eigenvalue weighted by Gasteiger charge is -2.13. The van der Waals surface area contributed by atoms with Crippen LogP contribution in [0.3, 0.4) is 0 Å². The molecule has 0 aliphatic heterocycles. The Balaban J connectivity index is 1.64. The van der Waals surface area contributed by atoms with Crippen LogP contribution in [0.25, 0.3) is 0 Å². The predicted molar refractivity (Wildman–Crippen MR) is 112 cm³/mol. The van der Waals surface area contributed by atoms with Gasteiger partial charge in [0, 0.05) is 17.3 Å². The van der Waals surface area contributed by atoms with Gasteiger partial charge < -0.3 is 20.1 Å². The van der Waals surface area contributed by atoms with E-state index < -0.39 is 0 Å². The van der Waals surface area contributed by atoms with Gasteiger partial charge in [-0.1, -0.05) is 29.8 Å². The van der Waals surface area contributed by atoms with E-state index in [2.05, 4.69) is 15.7 Å². The topological polar surface area (TPSA) is 60.3 Å². The largest absolute Gasteiger partial charge is 0.497 e. The van der Waals surface area contributed by atoms with Crippen molar-refractivity contribution in [2.45, 2.75) is 6.54 Å². The number of aromatic nitrogens is 2. The number of nitrogens with one attached hydrogen (secondary N) is 2. The number of thiocarbonyl (C=S) groups is 1. The first kappa shape index (κ1) is 19.0. The fourth-order valence-electron chi connectivity index (χ4n) is 2.50. The summed E-state index contributed by atoms with van der Waals surface area (Å²) >= 11 is 11.6. The second-order valence-electron chi connectivity index (χ2n) is 5.66. The van der Waals surface area contributed by atoms with E-state index in [9.17, 15) is 0 Å². The van der Waals surface area contributed by atoms with Crippen LogP contribution in [0.5, 0.6) is 11.5 Å². The van der Waals surface area contributed by atoms with Gasteiger partial charge in [-0.3, -0.25) is 4.68 Å². The zero-order valence-electron chi connectivity index (χ0n) is 14.9. The molecule has 0 amide bonds. The number of hydrogen-bond donors (Lipinski definition) is 2. The van der Waals surface area contributed by atoms with Crippen molar-refractivity contribution in [3.8, 4) is 11.5 Å². The number of nitrogens with zero attached hydrogens (tertiary/aromatic N) is 2. The van der Waals surface area contributed by atoms with Crippen LogP contribution < -0.4 is 20.1 Å². The Hall–Kier alpha value is -2.77. The first-order valence-electron chi connectivity index (χ1n) is 8.15. The maximum atomic E-state index is 6.20. The number of anilines is 2. The molecule has 0 saturated carbocycles. The van der Waals surface area contributed by atoms with Gasteiger partial charge in [0.1, 0.15) is 11.5 Å². The summed E-state index contributed by atoms with van der Waals surface area (Å²) in [6.07, 6.45) is 3.57. The van der Waals surface area contributed by atoms with E-state index in [4.69, 9.17) is 33.3 Å². The molecule has 0 bridgehead atoms. The molecule has 2 N–H and O–H groups in total. The molecule has 0 aliphatic carbocycles. The van der Waals surface area contributed by atoms with E-state index in [0.717, 1.165) is 16.9 Å². The van der Waals surface area contributed by atoms with Gasteiger partial charge in [0.05, 0.1) is 38.3 Å². The summed E-state index contributed by atoms with van der Waals surface area (Å²) in [5.74, 6) is 1.34. The van der Waals surface area contributed by atoms with Gasteiger partial charge in [-0.15, -0.1) is 0 Å². The molecule has 0 fully saturated rings. The third-order valence-corrected chi connectivity index (χ3v) is 4.41. The van der Waals surface area contributed by atoms with E-state index >= 15 is 0 Å². The molecule has 0 spiro atoms. The minimum Gasteiger partial charge on any atom is -0.497 e. The normalized spacial score (nSPS) is 10.3. The average Bonchev–Trinajstić information content (AvgIpc) is 3.10. The predicted octanol–water partition coefficient (Wildman–Crippen LogP) is 4.41. The molecule has 1 aromatic heterocycles. The molecule has 2 aromatic carbocycles. The van der Waals surface area contributed by atoms with Crippen LogP contribution in [0.2, 0.25) is 5.02 Å². The second kappa shape index (κ2) is 8.75. The molecule has 27 heavy (non-hydrogen) atoms. The lowest BCUT2D eigenvalue weighted by molar-refractivity contribution is 0.395. The maximum Gasteiger partial charge on any atom is 0.175 e. The average molecular weight is 403 g/mol. The van der Waals surface area contributed by atoms with Crippen LogP contribution in [-0.2, 0) is 6.54 Å². The minimum absolute atomic E-state index is 0.427. The molecule has 0 saturated heterocycles. The first-order chi connectivity index (χ1) is 13.1. The molecule has 8 heteroatoms. The molecular weight excluding hydrogens is 384 g/mol. The van der Waals surface area contributed by atoms with Crippen LogP contribution in [0.4, 0.5) is 11.4 Å². The molecule has 140 valence electrons. The quantitative estimate of drug-likeness (QED) is 0.595. The van der Waals surface area contributed by atoms with Crippen LogP contribution in [0, 0.1) is 0 Å². The van der Waals surface area contributed by atoms with E-state index in [1.165, 1.54) is 0 Å². The fourth-order valence-corrected chi connectivity index (χ4v) is 2.93. The smallest absolute Gasteiger partial charge is 0.175 e. The van der Waals surface area contributed by atoms with Crippen molar-refractivity contribution in [3.63, 3.8) is 0 Å². The number of benzene rings is 2. The number of halogens is 1. The van der Waals surface area contributed by atoms with Gasteiger partial charge in [-0.2, -0.15) is 5.10 Å². The van der Waals surface area contributed by atoms with Crippen LogP contribution in [0.15, 0.2) is 54.9 Å². The summed E-state index contributed by atoms with van der Waals surface area (Å²) in [5.41, 5.74) is 2.50. The highest BCUT2D eigenvalue weighted by molar-refractivity contribution is 7.80. The van der Waals surface area contributed by atoms with Gasteiger partial charge in [-0.25, -0.2) is 0 Å². The Morgan fingerprint density at radius 3 is 2.70 bits per heavy atom. The van der Waals surface area contributed by atoms with Crippen molar-refractivity contribution < 1.29 is 9.47 Å². The van der Waals surface area contributed by atoms with Crippen molar-refractivity contribution in [3.05, 3.63) is 65.4 Å². The monoisotopic (exact) mass is 402 g/mol. The minimum atomic E-state index is 0.427. The Bertz CT molecular complexity index is 945. The molecule has 3 aromatic rings. The Morgan fingerprint density at radius 1 is 1.15 bits per heavy atom. The van der Waals surface area contributed by atoms with Gasteiger partial charge in [0.25, 0.3) is 0 Å². The van der Waals surface area contributed by atoms with E-state index in [-0.39, 0.29) is 0 Å². The lowest BCUT2D eigenvalue weighted by atomic mass is 10.2. The number of hydrogen-bond acceptors (Lipinski definition) is 4. The van der Waals surface area contributed by atoms with Gasteiger partial charge in [0.2, 0.25) is 0 Å². The molecule has 0 aliphatic rings. The molecule has 0 radical (unpaired) electrons. The van der Waals surface area contributed by atoms with E-state index in [1.807, 2.05) is 42.6 Å². The summed E-state index contributed by atoms with van der Waals surface area (Å²) in [5, 5.41) is 11.7. The third-order valence-electron chi connectivity index (χ3n) is 3.84. The highest BCUT2D eigenvalue weighted by Gasteiger charge is 2.08. The SMILES string of the molecule is COc1ccc(NC(=S)Nc2cnn(Cc3ccccc3Cl)c2)c(OC)c1. The lowest BCUT2D eigenvalue weighted by Crippen LogP contribution is -2.19. The maximum absolute atomic E-state index is 6.20. The highest BCUT2D eigenvalue weighted by atomic mass is 35.5. The zero-order chi connectivity index (χ0) is 19.2. The van der Waals surface area contributed by atoms with Crippen molar-refractivity contribution in [1.82, 2.24) is 9.78 Å². The molecule has 6 nitrogen and oxygen atoms in total. The summed E-state index contributed by atoms with van der Waals surface area (Å²) in [4.78, 5) is 0. The highest BCUT2D eigenvalue weighted by Crippen LogP contribution is 2.29. The van der Waals surface area contributed by atoms with Gasteiger partial charge in [0.15, 0.2) is 5.11 Å². The summed E-state index contributed by atoms with van der Waals surface area (Å²) in [6, 6.07) is 13.1. The standard InChI is InChI=1S/C19H19ClN4O2S/c1-25-15-7-8-17(18(9-15)26-2)23-19(27)22-14-10-21-24(12-14)11-13-5-3-4-6-16(13)20/h3-10,12H,11H2,1-2H3,(H2,22,23,27). The van der Waals surface area contributed by atoms with Crippen LogP contribution >= 0.6 is 23.8 Å². The first-order valence-corrected chi connectivity index (χ1v) is 8.93. The summed E-state index contributed by atoms with van der Waals surface area (Å²) in [6.45, 7) is 0.577. The number of ether oxygens (including phenoxy) is 2. The summed E-state index contributed by atoms with van der Waals surface area (Å²) < 4.78 is 12.3. The molecule has 0 atom stereocenters. The molecule has 1 heterocycles. The van der Waals surface area contributed by atoms with Crippen LogP contribution in [-0.4, -0.2) is 29.1 Å². The Morgan fingerprint density at radius 2 is 1.96 bits per heavy atom. The Labute approximate surface area is 168 Å². The van der Waals surface area contributed by atoms with E-state index in [0.29, 0.717) is 28.2 Å².